The highest BCUT2D eigenvalue weighted by Crippen LogP contribution is 2.29. The van der Waals surface area contributed by atoms with E-state index in [4.69, 9.17) is 5.73 Å². The number of hydrogen-bond acceptors (Lipinski definition) is 2. The van der Waals surface area contributed by atoms with Crippen molar-refractivity contribution in [1.82, 2.24) is 9.55 Å². The minimum atomic E-state index is 0.602. The van der Waals surface area contributed by atoms with Crippen molar-refractivity contribution in [3.8, 4) is 0 Å². The molecule has 1 aliphatic rings. The van der Waals surface area contributed by atoms with E-state index in [1.165, 1.54) is 30.8 Å². The van der Waals surface area contributed by atoms with Crippen LogP contribution < -0.4 is 5.73 Å². The van der Waals surface area contributed by atoms with Crippen molar-refractivity contribution in [2.75, 3.05) is 6.54 Å². The number of hydrogen-bond donors (Lipinski definition) is 1. The number of nitrogens with two attached hydrogens (primary N) is 1. The van der Waals surface area contributed by atoms with Gasteiger partial charge in [-0.25, -0.2) is 4.98 Å². The number of rotatable bonds is 4. The smallest absolute Gasteiger partial charge is 0.109 e. The number of imidazole rings is 1. The van der Waals surface area contributed by atoms with Crippen LogP contribution >= 0.6 is 0 Å². The molecule has 0 bridgehead atoms. The number of nitrogens with zero attached hydrogens (tertiary/aromatic N) is 2. The largest absolute Gasteiger partial charge is 0.330 e. The Bertz CT molecular complexity index is 341. The first-order chi connectivity index (χ1) is 7.72. The second-order valence-electron chi connectivity index (χ2n) is 5.26. The average Bonchev–Trinajstić information content (AvgIpc) is 2.62. The molecule has 0 saturated carbocycles. The molecule has 3 nitrogen and oxygen atoms in total. The summed E-state index contributed by atoms with van der Waals surface area (Å²) in [4.78, 5) is 4.59. The maximum atomic E-state index is 5.70. The van der Waals surface area contributed by atoms with E-state index in [2.05, 4.69) is 29.6 Å². The van der Waals surface area contributed by atoms with Gasteiger partial charge in [-0.2, -0.15) is 0 Å². The van der Waals surface area contributed by atoms with Crippen LogP contribution in [0.25, 0.3) is 0 Å². The molecule has 0 spiro atoms. The molecule has 0 fully saturated rings. The monoisotopic (exact) mass is 221 g/mol. The number of aromatic nitrogens is 2. The Labute approximate surface area is 98.1 Å². The molecule has 90 valence electrons. The van der Waals surface area contributed by atoms with Crippen molar-refractivity contribution in [3.05, 3.63) is 17.7 Å². The molecule has 1 aromatic rings. The standard InChI is InChI=1S/C13H23N3/c1-10(2)8-13-15-9-12-5-3-4-11(6-7-14)16(12)13/h9-11H,3-8,14H2,1-2H3. The van der Waals surface area contributed by atoms with Crippen molar-refractivity contribution < 1.29 is 0 Å². The normalized spacial score (nSPS) is 20.1. The predicted octanol–water partition coefficient (Wildman–Crippen LogP) is 2.31. The van der Waals surface area contributed by atoms with Gasteiger partial charge in [0.05, 0.1) is 0 Å². The third-order valence-electron chi connectivity index (χ3n) is 3.38. The molecule has 1 aliphatic heterocycles. The third kappa shape index (κ3) is 2.29. The molecule has 0 radical (unpaired) electrons. The average molecular weight is 221 g/mol. The fraction of sp³-hybridized carbons (Fsp3) is 0.769. The highest BCUT2D eigenvalue weighted by Gasteiger charge is 2.22. The van der Waals surface area contributed by atoms with Crippen LogP contribution in [0.4, 0.5) is 0 Å². The summed E-state index contributed by atoms with van der Waals surface area (Å²) < 4.78 is 2.47. The van der Waals surface area contributed by atoms with Gasteiger partial charge in [0.2, 0.25) is 0 Å². The molecule has 0 amide bonds. The Morgan fingerprint density at radius 2 is 2.38 bits per heavy atom. The molecule has 0 aliphatic carbocycles. The van der Waals surface area contributed by atoms with Gasteiger partial charge in [0.15, 0.2) is 0 Å². The lowest BCUT2D eigenvalue weighted by Gasteiger charge is -2.27. The van der Waals surface area contributed by atoms with Crippen LogP contribution in [0.5, 0.6) is 0 Å². The van der Waals surface area contributed by atoms with Gasteiger partial charge in [0.1, 0.15) is 5.82 Å². The van der Waals surface area contributed by atoms with Crippen molar-refractivity contribution in [1.29, 1.82) is 0 Å². The molecule has 1 unspecified atom stereocenters. The van der Waals surface area contributed by atoms with E-state index in [9.17, 15) is 0 Å². The van der Waals surface area contributed by atoms with Crippen molar-refractivity contribution in [3.63, 3.8) is 0 Å². The molecule has 0 aromatic carbocycles. The Morgan fingerprint density at radius 3 is 3.06 bits per heavy atom. The number of fused-ring (bicyclic) bond motifs is 1. The van der Waals surface area contributed by atoms with E-state index < -0.39 is 0 Å². The summed E-state index contributed by atoms with van der Waals surface area (Å²) in [5.41, 5.74) is 7.12. The molecular weight excluding hydrogens is 198 g/mol. The second kappa shape index (κ2) is 5.00. The van der Waals surface area contributed by atoms with E-state index >= 15 is 0 Å². The lowest BCUT2D eigenvalue weighted by Crippen LogP contribution is -2.22. The van der Waals surface area contributed by atoms with Crippen LogP contribution in [-0.4, -0.2) is 16.1 Å². The van der Waals surface area contributed by atoms with Crippen molar-refractivity contribution in [2.45, 2.75) is 52.0 Å². The molecule has 16 heavy (non-hydrogen) atoms. The van der Waals surface area contributed by atoms with Crippen LogP contribution in [0, 0.1) is 5.92 Å². The zero-order valence-electron chi connectivity index (χ0n) is 10.4. The topological polar surface area (TPSA) is 43.8 Å². The summed E-state index contributed by atoms with van der Waals surface area (Å²) >= 11 is 0. The second-order valence-corrected chi connectivity index (χ2v) is 5.26. The fourth-order valence-electron chi connectivity index (χ4n) is 2.70. The van der Waals surface area contributed by atoms with Crippen LogP contribution in [0.15, 0.2) is 6.20 Å². The van der Waals surface area contributed by atoms with E-state index in [0.717, 1.165) is 19.4 Å². The number of aryl methyl sites for hydroxylation is 1. The quantitative estimate of drug-likeness (QED) is 0.848. The minimum Gasteiger partial charge on any atom is -0.330 e. The van der Waals surface area contributed by atoms with Crippen LogP contribution in [0.1, 0.15) is 50.7 Å². The maximum Gasteiger partial charge on any atom is 0.109 e. The first-order valence-corrected chi connectivity index (χ1v) is 6.47. The molecular formula is C13H23N3. The van der Waals surface area contributed by atoms with E-state index in [-0.39, 0.29) is 0 Å². The van der Waals surface area contributed by atoms with E-state index in [1.54, 1.807) is 0 Å². The van der Waals surface area contributed by atoms with Gasteiger partial charge in [0.25, 0.3) is 0 Å². The molecule has 1 atom stereocenters. The Hall–Kier alpha value is -0.830. The van der Waals surface area contributed by atoms with Gasteiger partial charge < -0.3 is 10.3 Å². The van der Waals surface area contributed by atoms with E-state index in [0.29, 0.717) is 12.0 Å². The summed E-state index contributed by atoms with van der Waals surface area (Å²) in [5.74, 6) is 1.94. The van der Waals surface area contributed by atoms with Crippen LogP contribution in [-0.2, 0) is 12.8 Å². The molecule has 2 heterocycles. The predicted molar refractivity (Wildman–Crippen MR) is 66.4 cm³/mol. The Morgan fingerprint density at radius 1 is 1.56 bits per heavy atom. The fourth-order valence-corrected chi connectivity index (χ4v) is 2.70. The summed E-state index contributed by atoms with van der Waals surface area (Å²) in [6, 6.07) is 0.602. The van der Waals surface area contributed by atoms with E-state index in [1.807, 2.05) is 0 Å². The molecule has 2 rings (SSSR count). The highest BCUT2D eigenvalue weighted by molar-refractivity contribution is 5.11. The van der Waals surface area contributed by atoms with Crippen molar-refractivity contribution >= 4 is 0 Å². The Balaban J connectivity index is 2.24. The third-order valence-corrected chi connectivity index (χ3v) is 3.38. The van der Waals surface area contributed by atoms with Gasteiger partial charge in [-0.3, -0.25) is 0 Å². The Kier molecular flexibility index (Phi) is 3.64. The molecule has 2 N–H and O–H groups in total. The summed E-state index contributed by atoms with van der Waals surface area (Å²) in [7, 11) is 0. The van der Waals surface area contributed by atoms with Gasteiger partial charge in [-0.1, -0.05) is 13.8 Å². The SMILES string of the molecule is CC(C)Cc1ncc2n1C(CCN)CCC2. The summed E-state index contributed by atoms with van der Waals surface area (Å²) in [6.45, 7) is 5.29. The molecule has 0 saturated heterocycles. The zero-order chi connectivity index (χ0) is 11.5. The van der Waals surface area contributed by atoms with Gasteiger partial charge in [0, 0.05) is 24.4 Å². The van der Waals surface area contributed by atoms with Crippen molar-refractivity contribution in [2.24, 2.45) is 11.7 Å². The minimum absolute atomic E-state index is 0.602. The lowest BCUT2D eigenvalue weighted by molar-refractivity contribution is 0.367. The van der Waals surface area contributed by atoms with Gasteiger partial charge in [-0.05, 0) is 38.1 Å². The lowest BCUT2D eigenvalue weighted by atomic mass is 9.99. The summed E-state index contributed by atoms with van der Waals surface area (Å²) in [6.07, 6.45) is 7.99. The first kappa shape index (κ1) is 11.6. The highest BCUT2D eigenvalue weighted by atomic mass is 15.1. The molecule has 1 aromatic heterocycles. The maximum absolute atomic E-state index is 5.70. The van der Waals surface area contributed by atoms with Gasteiger partial charge >= 0.3 is 0 Å². The summed E-state index contributed by atoms with van der Waals surface area (Å²) in [5, 5.41) is 0. The van der Waals surface area contributed by atoms with Gasteiger partial charge in [-0.15, -0.1) is 0 Å². The molecule has 3 heteroatoms. The zero-order valence-corrected chi connectivity index (χ0v) is 10.4. The van der Waals surface area contributed by atoms with Crippen LogP contribution in [0.2, 0.25) is 0 Å². The first-order valence-electron chi connectivity index (χ1n) is 6.47. The van der Waals surface area contributed by atoms with Crippen LogP contribution in [0.3, 0.4) is 0 Å².